The summed E-state index contributed by atoms with van der Waals surface area (Å²) in [6, 6.07) is 58.5. The SMILES string of the molecule is COc1ccc(N(c2ccc3c(c2)C(C)(C)c2ccccc2-3)c2ccc3c(c2)C2(c4ccccc4-c4ccccc42)c2ccccc2-3)cc1. The van der Waals surface area contributed by atoms with Crippen molar-refractivity contribution in [1.29, 1.82) is 0 Å². The van der Waals surface area contributed by atoms with Crippen LogP contribution >= 0.6 is 0 Å². The minimum atomic E-state index is -0.401. The van der Waals surface area contributed by atoms with Gasteiger partial charge in [0.1, 0.15) is 5.75 Å². The molecule has 234 valence electrons. The summed E-state index contributed by atoms with van der Waals surface area (Å²) in [7, 11) is 1.72. The van der Waals surface area contributed by atoms with Crippen LogP contribution in [0.4, 0.5) is 17.1 Å². The molecule has 0 radical (unpaired) electrons. The quantitative estimate of drug-likeness (QED) is 0.192. The number of hydrogen-bond acceptors (Lipinski definition) is 2. The molecule has 0 fully saturated rings. The maximum atomic E-state index is 5.59. The third-order valence-electron chi connectivity index (χ3n) is 11.4. The summed E-state index contributed by atoms with van der Waals surface area (Å²) in [5.41, 5.74) is 18.9. The predicted molar refractivity (Wildman–Crippen MR) is 202 cm³/mol. The smallest absolute Gasteiger partial charge is 0.119 e. The van der Waals surface area contributed by atoms with Crippen LogP contribution in [0.25, 0.3) is 33.4 Å². The summed E-state index contributed by atoms with van der Waals surface area (Å²) >= 11 is 0. The van der Waals surface area contributed by atoms with Gasteiger partial charge in [-0.2, -0.15) is 0 Å². The molecule has 3 aliphatic carbocycles. The Kier molecular flexibility index (Phi) is 5.79. The number of anilines is 3. The van der Waals surface area contributed by atoms with Gasteiger partial charge >= 0.3 is 0 Å². The Balaban J connectivity index is 1.23. The molecule has 2 heteroatoms. The Morgan fingerprint density at radius 3 is 1.29 bits per heavy atom. The van der Waals surface area contributed by atoms with Gasteiger partial charge in [-0.15, -0.1) is 0 Å². The Morgan fingerprint density at radius 2 is 0.776 bits per heavy atom. The maximum absolute atomic E-state index is 5.59. The lowest BCUT2D eigenvalue weighted by Gasteiger charge is -2.32. The summed E-state index contributed by atoms with van der Waals surface area (Å²) in [5, 5.41) is 0. The number of hydrogen-bond donors (Lipinski definition) is 0. The van der Waals surface area contributed by atoms with E-state index >= 15 is 0 Å². The van der Waals surface area contributed by atoms with Gasteiger partial charge < -0.3 is 9.64 Å². The molecule has 0 bridgehead atoms. The van der Waals surface area contributed by atoms with Crippen LogP contribution in [-0.4, -0.2) is 7.11 Å². The van der Waals surface area contributed by atoms with Crippen LogP contribution in [0.2, 0.25) is 0 Å². The van der Waals surface area contributed by atoms with Gasteiger partial charge in [0.15, 0.2) is 0 Å². The lowest BCUT2D eigenvalue weighted by molar-refractivity contribution is 0.415. The Hall–Kier alpha value is -5.86. The molecule has 49 heavy (non-hydrogen) atoms. The molecule has 7 aromatic rings. The summed E-state index contributed by atoms with van der Waals surface area (Å²) < 4.78 is 5.59. The lowest BCUT2D eigenvalue weighted by atomic mass is 9.70. The van der Waals surface area contributed by atoms with E-state index in [0.29, 0.717) is 0 Å². The van der Waals surface area contributed by atoms with Crippen molar-refractivity contribution in [2.75, 3.05) is 12.0 Å². The highest BCUT2D eigenvalue weighted by atomic mass is 16.5. The van der Waals surface area contributed by atoms with Crippen molar-refractivity contribution in [2.45, 2.75) is 24.7 Å². The Morgan fingerprint density at radius 1 is 0.388 bits per heavy atom. The van der Waals surface area contributed by atoms with Gasteiger partial charge in [-0.25, -0.2) is 0 Å². The number of fused-ring (bicyclic) bond motifs is 13. The molecule has 0 unspecified atom stereocenters. The summed E-state index contributed by atoms with van der Waals surface area (Å²) in [4.78, 5) is 2.42. The van der Waals surface area contributed by atoms with E-state index in [1.54, 1.807) is 7.11 Å². The maximum Gasteiger partial charge on any atom is 0.119 e. The highest BCUT2D eigenvalue weighted by molar-refractivity contribution is 5.96. The highest BCUT2D eigenvalue weighted by Crippen LogP contribution is 2.63. The van der Waals surface area contributed by atoms with Crippen LogP contribution in [0.5, 0.6) is 5.75 Å². The van der Waals surface area contributed by atoms with Crippen molar-refractivity contribution in [2.24, 2.45) is 0 Å². The molecule has 3 aliphatic rings. The van der Waals surface area contributed by atoms with E-state index in [4.69, 9.17) is 4.74 Å². The monoisotopic (exact) mass is 629 g/mol. The molecule has 0 N–H and O–H groups in total. The molecule has 0 saturated carbocycles. The van der Waals surface area contributed by atoms with E-state index in [1.807, 2.05) is 0 Å². The number of ether oxygens (including phenoxy) is 1. The van der Waals surface area contributed by atoms with Crippen molar-refractivity contribution in [3.05, 3.63) is 191 Å². The second-order valence-corrected chi connectivity index (χ2v) is 14.1. The van der Waals surface area contributed by atoms with E-state index in [1.165, 1.54) is 66.8 Å². The van der Waals surface area contributed by atoms with Gasteiger partial charge in [0.2, 0.25) is 0 Å². The van der Waals surface area contributed by atoms with Gasteiger partial charge in [0, 0.05) is 22.5 Å². The zero-order valence-electron chi connectivity index (χ0n) is 27.9. The number of rotatable bonds is 4. The molecular formula is C47H35NO. The Labute approximate surface area is 287 Å². The topological polar surface area (TPSA) is 12.5 Å². The molecule has 0 aliphatic heterocycles. The van der Waals surface area contributed by atoms with Crippen LogP contribution in [0.1, 0.15) is 47.2 Å². The molecule has 1 spiro atoms. The largest absolute Gasteiger partial charge is 0.497 e. The van der Waals surface area contributed by atoms with E-state index in [0.717, 1.165) is 22.8 Å². The molecule has 0 amide bonds. The fourth-order valence-electron chi connectivity index (χ4n) is 9.23. The fraction of sp³-hybridized carbons (Fsp3) is 0.106. The standard InChI is InChI=1S/C47H35NO/c1-46(2)40-16-8-4-12-34(40)38-26-22-31(28-44(38)46)48(30-20-24-33(49-3)25-21-30)32-23-27-39-37-15-7-11-19-43(37)47(45(39)29-32)41-17-9-5-13-35(41)36-14-6-10-18-42(36)47/h4-29H,1-3H3. The fourth-order valence-corrected chi connectivity index (χ4v) is 9.23. The van der Waals surface area contributed by atoms with Gasteiger partial charge in [0.05, 0.1) is 12.5 Å². The van der Waals surface area contributed by atoms with Gasteiger partial charge in [0.25, 0.3) is 0 Å². The van der Waals surface area contributed by atoms with Crippen LogP contribution in [0, 0.1) is 0 Å². The first-order valence-corrected chi connectivity index (χ1v) is 17.1. The van der Waals surface area contributed by atoms with E-state index in [2.05, 4.69) is 176 Å². The molecule has 0 heterocycles. The van der Waals surface area contributed by atoms with E-state index < -0.39 is 5.41 Å². The van der Waals surface area contributed by atoms with Gasteiger partial charge in [-0.05, 0) is 115 Å². The first-order valence-electron chi connectivity index (χ1n) is 17.1. The summed E-state index contributed by atoms with van der Waals surface area (Å²) in [6.07, 6.45) is 0. The normalized spacial score (nSPS) is 14.8. The Bertz CT molecular complexity index is 2410. The lowest BCUT2D eigenvalue weighted by Crippen LogP contribution is -2.26. The van der Waals surface area contributed by atoms with Crippen molar-refractivity contribution in [3.8, 4) is 39.1 Å². The number of benzene rings is 7. The zero-order chi connectivity index (χ0) is 32.9. The minimum Gasteiger partial charge on any atom is -0.497 e. The van der Waals surface area contributed by atoms with Crippen molar-refractivity contribution in [3.63, 3.8) is 0 Å². The van der Waals surface area contributed by atoms with E-state index in [9.17, 15) is 0 Å². The van der Waals surface area contributed by atoms with Crippen molar-refractivity contribution >= 4 is 17.1 Å². The predicted octanol–water partition coefficient (Wildman–Crippen LogP) is 11.8. The van der Waals surface area contributed by atoms with Crippen LogP contribution < -0.4 is 9.64 Å². The van der Waals surface area contributed by atoms with Crippen molar-refractivity contribution < 1.29 is 4.74 Å². The second-order valence-electron chi connectivity index (χ2n) is 14.1. The van der Waals surface area contributed by atoms with Crippen LogP contribution in [0.15, 0.2) is 158 Å². The highest BCUT2D eigenvalue weighted by Gasteiger charge is 2.51. The molecule has 10 rings (SSSR count). The first kappa shape index (κ1) is 28.2. The number of methoxy groups -OCH3 is 1. The van der Waals surface area contributed by atoms with Crippen LogP contribution in [-0.2, 0) is 10.8 Å². The third-order valence-corrected chi connectivity index (χ3v) is 11.4. The molecule has 7 aromatic carbocycles. The molecule has 0 aromatic heterocycles. The molecule has 0 atom stereocenters. The number of nitrogens with zero attached hydrogens (tertiary/aromatic N) is 1. The molecule has 2 nitrogen and oxygen atoms in total. The minimum absolute atomic E-state index is 0.103. The zero-order valence-corrected chi connectivity index (χ0v) is 27.9. The molecular weight excluding hydrogens is 595 g/mol. The average molecular weight is 630 g/mol. The van der Waals surface area contributed by atoms with Crippen molar-refractivity contribution in [1.82, 2.24) is 0 Å². The van der Waals surface area contributed by atoms with E-state index in [-0.39, 0.29) is 5.41 Å². The summed E-state index contributed by atoms with van der Waals surface area (Å²) in [6.45, 7) is 4.70. The van der Waals surface area contributed by atoms with Crippen LogP contribution in [0.3, 0.4) is 0 Å². The summed E-state index contributed by atoms with van der Waals surface area (Å²) in [5.74, 6) is 0.844. The first-order chi connectivity index (χ1) is 24.0. The third kappa shape index (κ3) is 3.66. The van der Waals surface area contributed by atoms with Gasteiger partial charge in [-0.3, -0.25) is 0 Å². The molecule has 0 saturated heterocycles. The van der Waals surface area contributed by atoms with Gasteiger partial charge in [-0.1, -0.05) is 123 Å². The second kappa shape index (κ2) is 10.1. The average Bonchev–Trinajstić information content (AvgIpc) is 3.71.